The first-order valence-corrected chi connectivity index (χ1v) is 6.86. The van der Waals surface area contributed by atoms with E-state index in [1.165, 1.54) is 25.7 Å². The molecule has 0 aliphatic heterocycles. The Morgan fingerprint density at radius 3 is 2.82 bits per heavy atom. The summed E-state index contributed by atoms with van der Waals surface area (Å²) in [5, 5.41) is 0. The molecule has 0 bridgehead atoms. The number of rotatable bonds is 1. The van der Waals surface area contributed by atoms with Crippen LogP contribution in [0, 0.1) is 5.92 Å². The molecule has 2 aliphatic rings. The fraction of sp³-hybridized carbons (Fsp3) is 0.714. The Labute approximate surface area is 102 Å². The predicted octanol–water partition coefficient (Wildman–Crippen LogP) is 2.55. The Morgan fingerprint density at radius 1 is 1.24 bits per heavy atom. The number of fused-ring (bicyclic) bond motifs is 1. The van der Waals surface area contributed by atoms with E-state index >= 15 is 0 Å². The van der Waals surface area contributed by atoms with E-state index in [1.807, 2.05) is 0 Å². The average molecular weight is 232 g/mol. The molecule has 2 unspecified atom stereocenters. The van der Waals surface area contributed by atoms with Crippen LogP contribution in [0.1, 0.15) is 62.0 Å². The molecule has 1 heterocycles. The summed E-state index contributed by atoms with van der Waals surface area (Å²) in [6, 6.07) is 0. The van der Waals surface area contributed by atoms with Crippen molar-refractivity contribution in [2.24, 2.45) is 5.92 Å². The Hall–Kier alpha value is -1.12. The van der Waals surface area contributed by atoms with Gasteiger partial charge in [-0.05, 0) is 50.9 Å². The van der Waals surface area contributed by atoms with Gasteiger partial charge >= 0.3 is 0 Å². The van der Waals surface area contributed by atoms with Crippen molar-refractivity contribution < 1.29 is 0 Å². The SMILES string of the molecule is CC1CCC(c2nc3c(c(=O)[nH]2)CCCC3)C1. The van der Waals surface area contributed by atoms with Crippen LogP contribution in [0.15, 0.2) is 4.79 Å². The first-order chi connectivity index (χ1) is 8.24. The Kier molecular flexibility index (Phi) is 2.77. The van der Waals surface area contributed by atoms with Crippen LogP contribution in [0.4, 0.5) is 0 Å². The molecule has 1 saturated carbocycles. The van der Waals surface area contributed by atoms with E-state index in [4.69, 9.17) is 4.98 Å². The van der Waals surface area contributed by atoms with Gasteiger partial charge < -0.3 is 4.98 Å². The van der Waals surface area contributed by atoms with Crippen LogP contribution < -0.4 is 5.56 Å². The first kappa shape index (κ1) is 11.0. The molecular formula is C14H20N2O. The van der Waals surface area contributed by atoms with Crippen LogP contribution in [0.5, 0.6) is 0 Å². The lowest BCUT2D eigenvalue weighted by molar-refractivity contribution is 0.574. The first-order valence-electron chi connectivity index (χ1n) is 6.86. The zero-order valence-corrected chi connectivity index (χ0v) is 10.5. The summed E-state index contributed by atoms with van der Waals surface area (Å²) in [6.45, 7) is 2.29. The van der Waals surface area contributed by atoms with Gasteiger partial charge in [-0.1, -0.05) is 6.92 Å². The van der Waals surface area contributed by atoms with Crippen LogP contribution in [-0.4, -0.2) is 9.97 Å². The summed E-state index contributed by atoms with van der Waals surface area (Å²) in [4.78, 5) is 19.8. The summed E-state index contributed by atoms with van der Waals surface area (Å²) in [6.07, 6.45) is 7.87. The van der Waals surface area contributed by atoms with Crippen LogP contribution in [0.2, 0.25) is 0 Å². The van der Waals surface area contributed by atoms with Gasteiger partial charge in [-0.25, -0.2) is 4.98 Å². The topological polar surface area (TPSA) is 45.8 Å². The lowest BCUT2D eigenvalue weighted by atomic mass is 9.96. The second-order valence-corrected chi connectivity index (χ2v) is 5.70. The molecule has 0 spiro atoms. The van der Waals surface area contributed by atoms with Crippen molar-refractivity contribution in [3.8, 4) is 0 Å². The number of hydrogen-bond donors (Lipinski definition) is 1. The lowest BCUT2D eigenvalue weighted by Gasteiger charge is -2.16. The molecule has 3 nitrogen and oxygen atoms in total. The summed E-state index contributed by atoms with van der Waals surface area (Å²) in [5.41, 5.74) is 2.16. The van der Waals surface area contributed by atoms with Crippen molar-refractivity contribution in [3.63, 3.8) is 0 Å². The fourth-order valence-corrected chi connectivity index (χ4v) is 3.27. The van der Waals surface area contributed by atoms with E-state index in [-0.39, 0.29) is 5.56 Å². The third-order valence-corrected chi connectivity index (χ3v) is 4.29. The Bertz CT molecular complexity index is 478. The summed E-state index contributed by atoms with van der Waals surface area (Å²) in [7, 11) is 0. The van der Waals surface area contributed by atoms with E-state index in [0.29, 0.717) is 5.92 Å². The zero-order chi connectivity index (χ0) is 11.8. The van der Waals surface area contributed by atoms with E-state index in [9.17, 15) is 4.79 Å². The van der Waals surface area contributed by atoms with Crippen molar-refractivity contribution in [3.05, 3.63) is 27.4 Å². The Balaban J connectivity index is 1.96. The molecule has 2 aliphatic carbocycles. The highest BCUT2D eigenvalue weighted by molar-refractivity contribution is 5.21. The van der Waals surface area contributed by atoms with Crippen LogP contribution >= 0.6 is 0 Å². The maximum atomic E-state index is 12.0. The average Bonchev–Trinajstić information content (AvgIpc) is 2.76. The number of H-pyrrole nitrogens is 1. The minimum Gasteiger partial charge on any atom is -0.310 e. The van der Waals surface area contributed by atoms with Crippen molar-refractivity contribution in [2.45, 2.75) is 57.8 Å². The van der Waals surface area contributed by atoms with Gasteiger partial charge in [0.15, 0.2) is 0 Å². The van der Waals surface area contributed by atoms with E-state index < -0.39 is 0 Å². The van der Waals surface area contributed by atoms with Crippen molar-refractivity contribution in [2.75, 3.05) is 0 Å². The second kappa shape index (κ2) is 4.28. The summed E-state index contributed by atoms with van der Waals surface area (Å²) in [5.74, 6) is 2.23. The van der Waals surface area contributed by atoms with Gasteiger partial charge in [0.05, 0.1) is 5.69 Å². The van der Waals surface area contributed by atoms with Crippen molar-refractivity contribution >= 4 is 0 Å². The highest BCUT2D eigenvalue weighted by atomic mass is 16.1. The van der Waals surface area contributed by atoms with Gasteiger partial charge in [-0.2, -0.15) is 0 Å². The van der Waals surface area contributed by atoms with Gasteiger partial charge in [-0.3, -0.25) is 4.79 Å². The molecule has 0 aromatic carbocycles. The molecule has 1 aromatic rings. The van der Waals surface area contributed by atoms with Gasteiger partial charge in [-0.15, -0.1) is 0 Å². The molecule has 1 aromatic heterocycles. The molecule has 1 fully saturated rings. The number of nitrogens with zero attached hydrogens (tertiary/aromatic N) is 1. The minimum atomic E-state index is 0.129. The Morgan fingerprint density at radius 2 is 2.06 bits per heavy atom. The summed E-state index contributed by atoms with van der Waals surface area (Å²) >= 11 is 0. The number of hydrogen-bond acceptors (Lipinski definition) is 2. The molecule has 92 valence electrons. The minimum absolute atomic E-state index is 0.129. The number of aryl methyl sites for hydroxylation is 1. The van der Waals surface area contributed by atoms with Gasteiger partial charge in [0.1, 0.15) is 5.82 Å². The van der Waals surface area contributed by atoms with Crippen LogP contribution in [0.25, 0.3) is 0 Å². The fourth-order valence-electron chi connectivity index (χ4n) is 3.27. The monoisotopic (exact) mass is 232 g/mol. The van der Waals surface area contributed by atoms with Gasteiger partial charge in [0.2, 0.25) is 0 Å². The molecular weight excluding hydrogens is 212 g/mol. The third kappa shape index (κ3) is 2.03. The third-order valence-electron chi connectivity index (χ3n) is 4.29. The standard InChI is InChI=1S/C14H20N2O/c1-9-6-7-10(8-9)13-15-12-5-3-2-4-11(12)14(17)16-13/h9-10H,2-8H2,1H3,(H,15,16,17). The smallest absolute Gasteiger partial charge is 0.254 e. The van der Waals surface area contributed by atoms with Gasteiger partial charge in [0.25, 0.3) is 5.56 Å². The highest BCUT2D eigenvalue weighted by Crippen LogP contribution is 2.36. The second-order valence-electron chi connectivity index (χ2n) is 5.70. The number of aromatic nitrogens is 2. The highest BCUT2D eigenvalue weighted by Gasteiger charge is 2.26. The van der Waals surface area contributed by atoms with Gasteiger partial charge in [0, 0.05) is 11.5 Å². The lowest BCUT2D eigenvalue weighted by Crippen LogP contribution is -2.23. The van der Waals surface area contributed by atoms with E-state index in [0.717, 1.165) is 42.3 Å². The van der Waals surface area contributed by atoms with Crippen LogP contribution in [0.3, 0.4) is 0 Å². The van der Waals surface area contributed by atoms with E-state index in [1.54, 1.807) is 0 Å². The molecule has 3 heteroatoms. The largest absolute Gasteiger partial charge is 0.310 e. The quantitative estimate of drug-likeness (QED) is 0.808. The van der Waals surface area contributed by atoms with Crippen molar-refractivity contribution in [1.29, 1.82) is 0 Å². The molecule has 2 atom stereocenters. The van der Waals surface area contributed by atoms with Crippen LogP contribution in [-0.2, 0) is 12.8 Å². The number of aromatic amines is 1. The molecule has 17 heavy (non-hydrogen) atoms. The van der Waals surface area contributed by atoms with Crippen molar-refractivity contribution in [1.82, 2.24) is 9.97 Å². The molecule has 0 amide bonds. The molecule has 3 rings (SSSR count). The zero-order valence-electron chi connectivity index (χ0n) is 10.5. The molecule has 0 radical (unpaired) electrons. The maximum Gasteiger partial charge on any atom is 0.254 e. The predicted molar refractivity (Wildman–Crippen MR) is 67.3 cm³/mol. The van der Waals surface area contributed by atoms with E-state index in [2.05, 4.69) is 11.9 Å². The normalized spacial score (nSPS) is 28.1. The molecule has 0 saturated heterocycles. The maximum absolute atomic E-state index is 12.0. The summed E-state index contributed by atoms with van der Waals surface area (Å²) < 4.78 is 0. The molecule has 1 N–H and O–H groups in total. The number of nitrogens with one attached hydrogen (secondary N) is 1.